The predicted molar refractivity (Wildman–Crippen MR) is 34.1 cm³/mol. The molecule has 0 aromatic carbocycles. The SMILES string of the molecule is C1=CN=C(n2ccnn2)[N]1. The Labute approximate surface area is 57.1 Å². The summed E-state index contributed by atoms with van der Waals surface area (Å²) in [6.45, 7) is 0. The van der Waals surface area contributed by atoms with E-state index in [0.29, 0.717) is 5.96 Å². The lowest BCUT2D eigenvalue weighted by Gasteiger charge is -1.93. The molecule has 1 aromatic rings. The maximum Gasteiger partial charge on any atom is 0.251 e. The van der Waals surface area contributed by atoms with Gasteiger partial charge >= 0.3 is 0 Å². The maximum absolute atomic E-state index is 3.91. The average molecular weight is 134 g/mol. The summed E-state index contributed by atoms with van der Waals surface area (Å²) in [5.41, 5.74) is 0. The summed E-state index contributed by atoms with van der Waals surface area (Å²) in [4.78, 5) is 3.91. The van der Waals surface area contributed by atoms with Gasteiger partial charge in [0.05, 0.1) is 12.4 Å². The highest BCUT2D eigenvalue weighted by Gasteiger charge is 2.03. The minimum Gasteiger partial charge on any atom is -0.218 e. The monoisotopic (exact) mass is 134 g/mol. The highest BCUT2D eigenvalue weighted by molar-refractivity contribution is 5.83. The van der Waals surface area contributed by atoms with E-state index < -0.39 is 0 Å². The average Bonchev–Trinajstić information content (AvgIpc) is 2.59. The molecule has 0 bridgehead atoms. The molecule has 5 heteroatoms. The predicted octanol–water partition coefficient (Wildman–Crippen LogP) is -0.429. The molecule has 10 heavy (non-hydrogen) atoms. The molecule has 2 rings (SSSR count). The Kier molecular flexibility index (Phi) is 1.00. The molecule has 0 unspecified atom stereocenters. The largest absolute Gasteiger partial charge is 0.251 e. The fourth-order valence-corrected chi connectivity index (χ4v) is 0.667. The highest BCUT2D eigenvalue weighted by Crippen LogP contribution is 1.90. The molecule has 1 aromatic heterocycles. The molecule has 1 radical (unpaired) electrons. The molecule has 0 saturated carbocycles. The van der Waals surface area contributed by atoms with Crippen LogP contribution in [0.2, 0.25) is 0 Å². The van der Waals surface area contributed by atoms with Crippen LogP contribution in [0.4, 0.5) is 0 Å². The van der Waals surface area contributed by atoms with Gasteiger partial charge in [0.1, 0.15) is 0 Å². The second-order valence-corrected chi connectivity index (χ2v) is 1.70. The van der Waals surface area contributed by atoms with Gasteiger partial charge in [-0.05, 0) is 0 Å². The summed E-state index contributed by atoms with van der Waals surface area (Å²) in [7, 11) is 0. The molecule has 0 saturated heterocycles. The Hall–Kier alpha value is -1.65. The summed E-state index contributed by atoms with van der Waals surface area (Å²) in [5, 5.41) is 11.2. The fourth-order valence-electron chi connectivity index (χ4n) is 0.667. The Bertz CT molecular complexity index is 270. The molecule has 0 spiro atoms. The number of hydrogen-bond donors (Lipinski definition) is 0. The third kappa shape index (κ3) is 0.680. The van der Waals surface area contributed by atoms with Crippen LogP contribution in [0.5, 0.6) is 0 Å². The van der Waals surface area contributed by atoms with Gasteiger partial charge in [0, 0.05) is 12.4 Å². The Morgan fingerprint density at radius 3 is 2.90 bits per heavy atom. The lowest BCUT2D eigenvalue weighted by Crippen LogP contribution is -2.18. The molecule has 0 atom stereocenters. The number of aromatic nitrogens is 3. The summed E-state index contributed by atoms with van der Waals surface area (Å²) in [6.07, 6.45) is 6.49. The standard InChI is InChI=1S/C5H4N5/c1-2-7-5(6-1)10-4-3-8-9-10/h1-4H. The quantitative estimate of drug-likeness (QED) is 0.483. The van der Waals surface area contributed by atoms with Gasteiger partial charge in [0.2, 0.25) is 0 Å². The van der Waals surface area contributed by atoms with Gasteiger partial charge in [0.15, 0.2) is 0 Å². The Balaban J connectivity index is 2.30. The molecule has 0 aliphatic carbocycles. The Morgan fingerprint density at radius 2 is 2.30 bits per heavy atom. The van der Waals surface area contributed by atoms with Crippen LogP contribution in [0.25, 0.3) is 0 Å². The van der Waals surface area contributed by atoms with E-state index in [4.69, 9.17) is 0 Å². The summed E-state index contributed by atoms with van der Waals surface area (Å²) in [6, 6.07) is 0. The molecule has 5 nitrogen and oxygen atoms in total. The van der Waals surface area contributed by atoms with Crippen molar-refractivity contribution in [1.29, 1.82) is 0 Å². The van der Waals surface area contributed by atoms with E-state index in [1.54, 1.807) is 24.8 Å². The second-order valence-electron chi connectivity index (χ2n) is 1.70. The van der Waals surface area contributed by atoms with Crippen molar-refractivity contribution in [1.82, 2.24) is 20.3 Å². The number of nitrogens with zero attached hydrogens (tertiary/aromatic N) is 5. The lowest BCUT2D eigenvalue weighted by atomic mass is 10.8. The van der Waals surface area contributed by atoms with E-state index in [1.807, 2.05) is 0 Å². The third-order valence-corrected chi connectivity index (χ3v) is 1.07. The van der Waals surface area contributed by atoms with Gasteiger partial charge in [-0.1, -0.05) is 5.21 Å². The van der Waals surface area contributed by atoms with Crippen LogP contribution in [0.15, 0.2) is 29.8 Å². The van der Waals surface area contributed by atoms with Crippen LogP contribution >= 0.6 is 0 Å². The van der Waals surface area contributed by atoms with Crippen LogP contribution in [-0.4, -0.2) is 21.0 Å². The first-order chi connectivity index (χ1) is 4.97. The van der Waals surface area contributed by atoms with Gasteiger partial charge in [-0.3, -0.25) is 0 Å². The number of hydrogen-bond acceptors (Lipinski definition) is 3. The maximum atomic E-state index is 3.91. The van der Waals surface area contributed by atoms with Crippen molar-refractivity contribution in [3.63, 3.8) is 0 Å². The van der Waals surface area contributed by atoms with Crippen molar-refractivity contribution in [2.24, 2.45) is 4.99 Å². The van der Waals surface area contributed by atoms with Gasteiger partial charge in [-0.15, -0.1) is 5.10 Å². The molecule has 0 amide bonds. The van der Waals surface area contributed by atoms with Crippen LogP contribution in [0.3, 0.4) is 0 Å². The molecule has 0 N–H and O–H groups in total. The lowest BCUT2D eigenvalue weighted by molar-refractivity contribution is 0.821. The summed E-state index contributed by atoms with van der Waals surface area (Å²) in [5.74, 6) is 0.553. The van der Waals surface area contributed by atoms with E-state index in [2.05, 4.69) is 20.6 Å². The smallest absolute Gasteiger partial charge is 0.218 e. The topological polar surface area (TPSA) is 57.2 Å². The first kappa shape index (κ1) is 5.16. The van der Waals surface area contributed by atoms with E-state index in [0.717, 1.165) is 0 Å². The van der Waals surface area contributed by atoms with Crippen molar-refractivity contribution in [2.45, 2.75) is 0 Å². The van der Waals surface area contributed by atoms with Crippen molar-refractivity contribution in [3.05, 3.63) is 24.8 Å². The zero-order chi connectivity index (χ0) is 6.81. The van der Waals surface area contributed by atoms with Crippen molar-refractivity contribution in [2.75, 3.05) is 0 Å². The highest BCUT2D eigenvalue weighted by atomic mass is 15.5. The first-order valence-corrected chi connectivity index (χ1v) is 2.77. The van der Waals surface area contributed by atoms with Crippen molar-refractivity contribution < 1.29 is 0 Å². The minimum absolute atomic E-state index is 0.553. The summed E-state index contributed by atoms with van der Waals surface area (Å²) < 4.78 is 1.50. The molecule has 49 valence electrons. The van der Waals surface area contributed by atoms with Crippen LogP contribution in [0.1, 0.15) is 0 Å². The third-order valence-electron chi connectivity index (χ3n) is 1.07. The number of aliphatic imine (C=N–C) groups is 1. The van der Waals surface area contributed by atoms with E-state index in [1.165, 1.54) is 4.68 Å². The normalized spacial score (nSPS) is 15.0. The zero-order valence-corrected chi connectivity index (χ0v) is 5.05. The second kappa shape index (κ2) is 1.94. The van der Waals surface area contributed by atoms with Crippen molar-refractivity contribution in [3.8, 4) is 0 Å². The first-order valence-electron chi connectivity index (χ1n) is 2.77. The zero-order valence-electron chi connectivity index (χ0n) is 5.05. The van der Waals surface area contributed by atoms with Crippen LogP contribution in [0, 0.1) is 0 Å². The van der Waals surface area contributed by atoms with Gasteiger partial charge < -0.3 is 0 Å². The van der Waals surface area contributed by atoms with E-state index >= 15 is 0 Å². The fraction of sp³-hybridized carbons (Fsp3) is 0. The molecule has 0 fully saturated rings. The molecule has 2 heterocycles. The molecule has 1 aliphatic rings. The van der Waals surface area contributed by atoms with Gasteiger partial charge in [0.25, 0.3) is 5.96 Å². The number of rotatable bonds is 0. The van der Waals surface area contributed by atoms with Crippen LogP contribution < -0.4 is 5.32 Å². The minimum atomic E-state index is 0.553. The molecular formula is C5H4N5. The van der Waals surface area contributed by atoms with E-state index in [9.17, 15) is 0 Å². The molecule has 1 aliphatic heterocycles. The van der Waals surface area contributed by atoms with E-state index in [-0.39, 0.29) is 0 Å². The van der Waals surface area contributed by atoms with Gasteiger partial charge in [-0.25, -0.2) is 10.3 Å². The van der Waals surface area contributed by atoms with Crippen molar-refractivity contribution >= 4 is 5.96 Å². The van der Waals surface area contributed by atoms with Crippen LogP contribution in [-0.2, 0) is 0 Å². The Morgan fingerprint density at radius 1 is 1.30 bits per heavy atom. The van der Waals surface area contributed by atoms with Gasteiger partial charge in [-0.2, -0.15) is 4.68 Å². The summed E-state index contributed by atoms with van der Waals surface area (Å²) >= 11 is 0. The molecular weight excluding hydrogens is 130 g/mol.